The van der Waals surface area contributed by atoms with Gasteiger partial charge >= 0.3 is 0 Å². The highest BCUT2D eigenvalue weighted by Gasteiger charge is 2.22. The zero-order valence-electron chi connectivity index (χ0n) is 15.0. The number of allylic oxidation sites excluding steroid dienone is 12. The van der Waals surface area contributed by atoms with E-state index < -0.39 is 0 Å². The Morgan fingerprint density at radius 2 is 1.73 bits per heavy atom. The van der Waals surface area contributed by atoms with Gasteiger partial charge in [0.25, 0.3) is 0 Å². The van der Waals surface area contributed by atoms with Gasteiger partial charge in [0.1, 0.15) is 0 Å². The number of hydrogen-bond donors (Lipinski definition) is 0. The molecule has 26 heavy (non-hydrogen) atoms. The van der Waals surface area contributed by atoms with E-state index in [1.807, 2.05) is 0 Å². The van der Waals surface area contributed by atoms with Crippen LogP contribution in [0.15, 0.2) is 84.5 Å². The molecule has 1 aromatic rings. The highest BCUT2D eigenvalue weighted by molar-refractivity contribution is 5.75. The summed E-state index contributed by atoms with van der Waals surface area (Å²) in [6.07, 6.45) is 31.4. The molecule has 0 N–H and O–H groups in total. The molecule has 0 spiro atoms. The fourth-order valence-corrected chi connectivity index (χ4v) is 4.43. The lowest BCUT2D eigenvalue weighted by molar-refractivity contribution is 0.684. The van der Waals surface area contributed by atoms with Crippen molar-refractivity contribution in [2.24, 2.45) is 17.8 Å². The Bertz CT molecular complexity index is 1020. The third-order valence-electron chi connectivity index (χ3n) is 5.91. The molecule has 4 aliphatic rings. The molecule has 0 aromatic heterocycles. The Kier molecular flexibility index (Phi) is 3.97. The Labute approximate surface area is 155 Å². The van der Waals surface area contributed by atoms with Gasteiger partial charge in [0.2, 0.25) is 0 Å². The van der Waals surface area contributed by atoms with Crippen molar-refractivity contribution in [3.8, 4) is 0 Å². The Morgan fingerprint density at radius 1 is 0.769 bits per heavy atom. The van der Waals surface area contributed by atoms with Gasteiger partial charge in [-0.05, 0) is 52.5 Å². The molecule has 0 bridgehead atoms. The maximum absolute atomic E-state index is 2.48. The number of benzene rings is 1. The van der Waals surface area contributed by atoms with E-state index in [2.05, 4.69) is 91.1 Å². The minimum atomic E-state index is 0.487. The molecule has 0 aliphatic heterocycles. The second-order valence-electron chi connectivity index (χ2n) is 7.65. The number of rotatable bonds is 2. The van der Waals surface area contributed by atoms with Crippen LogP contribution in [0.2, 0.25) is 0 Å². The molecule has 5 rings (SSSR count). The third-order valence-corrected chi connectivity index (χ3v) is 5.91. The maximum Gasteiger partial charge on any atom is 0.00598 e. The highest BCUT2D eigenvalue weighted by Crippen LogP contribution is 2.32. The maximum atomic E-state index is 2.48. The molecular formula is C26H24. The van der Waals surface area contributed by atoms with Crippen LogP contribution in [0, 0.1) is 17.8 Å². The van der Waals surface area contributed by atoms with E-state index >= 15 is 0 Å². The standard InChI is InChI=1S/C26H24/c1-3-7-19(8-4-1)21-11-13-23-18-26-16-22(20-9-5-2-6-10-20)12-14-24(26)17-25(23)15-21/h1,3-5,7,9-19,23,25H,2,6,8H2. The van der Waals surface area contributed by atoms with Crippen LogP contribution in [0.25, 0.3) is 17.7 Å². The molecule has 3 atom stereocenters. The molecule has 0 nitrogen and oxygen atoms in total. The van der Waals surface area contributed by atoms with Crippen LogP contribution in [-0.4, -0.2) is 0 Å². The minimum absolute atomic E-state index is 0.487. The van der Waals surface area contributed by atoms with E-state index in [-0.39, 0.29) is 0 Å². The first-order valence-corrected chi connectivity index (χ1v) is 9.81. The lowest BCUT2D eigenvalue weighted by Crippen LogP contribution is -2.33. The monoisotopic (exact) mass is 336 g/mol. The van der Waals surface area contributed by atoms with E-state index in [0.29, 0.717) is 17.8 Å². The first-order valence-electron chi connectivity index (χ1n) is 9.81. The van der Waals surface area contributed by atoms with Crippen molar-refractivity contribution >= 4 is 17.7 Å². The van der Waals surface area contributed by atoms with Crippen LogP contribution in [-0.2, 0) is 0 Å². The van der Waals surface area contributed by atoms with E-state index in [4.69, 9.17) is 0 Å². The van der Waals surface area contributed by atoms with Gasteiger partial charge in [-0.1, -0.05) is 85.0 Å². The smallest absolute Gasteiger partial charge is 0.00598 e. The predicted molar refractivity (Wildman–Crippen MR) is 112 cm³/mol. The number of hydrogen-bond acceptors (Lipinski definition) is 0. The summed E-state index contributed by atoms with van der Waals surface area (Å²) < 4.78 is 0. The Balaban J connectivity index is 1.49. The van der Waals surface area contributed by atoms with Crippen LogP contribution in [0.1, 0.15) is 24.8 Å². The lowest BCUT2D eigenvalue weighted by atomic mass is 9.78. The van der Waals surface area contributed by atoms with E-state index in [9.17, 15) is 0 Å². The molecule has 128 valence electrons. The average Bonchev–Trinajstić information content (AvgIpc) is 2.73. The van der Waals surface area contributed by atoms with Crippen molar-refractivity contribution in [2.75, 3.05) is 0 Å². The second kappa shape index (κ2) is 6.61. The van der Waals surface area contributed by atoms with Crippen molar-refractivity contribution in [1.82, 2.24) is 0 Å². The summed E-state index contributed by atoms with van der Waals surface area (Å²) in [4.78, 5) is 0. The van der Waals surface area contributed by atoms with Crippen molar-refractivity contribution in [3.05, 3.63) is 101 Å². The summed E-state index contributed by atoms with van der Waals surface area (Å²) in [5.41, 5.74) is 4.18. The van der Waals surface area contributed by atoms with Gasteiger partial charge in [-0.25, -0.2) is 0 Å². The summed E-state index contributed by atoms with van der Waals surface area (Å²) in [5, 5.41) is 2.76. The van der Waals surface area contributed by atoms with E-state index in [0.717, 1.165) is 12.8 Å². The van der Waals surface area contributed by atoms with Gasteiger partial charge in [-0.15, -0.1) is 0 Å². The van der Waals surface area contributed by atoms with Crippen molar-refractivity contribution in [2.45, 2.75) is 19.3 Å². The molecule has 0 heterocycles. The zero-order valence-corrected chi connectivity index (χ0v) is 15.0. The van der Waals surface area contributed by atoms with Crippen LogP contribution in [0.4, 0.5) is 0 Å². The summed E-state index contributed by atoms with van der Waals surface area (Å²) >= 11 is 0. The third kappa shape index (κ3) is 2.90. The molecule has 4 aliphatic carbocycles. The van der Waals surface area contributed by atoms with E-state index in [1.165, 1.54) is 33.6 Å². The van der Waals surface area contributed by atoms with E-state index in [1.54, 1.807) is 0 Å². The lowest BCUT2D eigenvalue weighted by Gasteiger charge is -2.26. The minimum Gasteiger partial charge on any atom is -0.0836 e. The molecule has 0 radical (unpaired) electrons. The molecular weight excluding hydrogens is 312 g/mol. The Hall–Kier alpha value is -2.60. The van der Waals surface area contributed by atoms with Crippen molar-refractivity contribution < 1.29 is 0 Å². The highest BCUT2D eigenvalue weighted by atomic mass is 14.3. The first kappa shape index (κ1) is 15.6. The zero-order chi connectivity index (χ0) is 17.3. The molecule has 1 aromatic carbocycles. The van der Waals surface area contributed by atoms with Gasteiger partial charge in [-0.2, -0.15) is 0 Å². The van der Waals surface area contributed by atoms with Crippen molar-refractivity contribution in [1.29, 1.82) is 0 Å². The van der Waals surface area contributed by atoms with Crippen LogP contribution < -0.4 is 10.4 Å². The average molecular weight is 336 g/mol. The summed E-state index contributed by atoms with van der Waals surface area (Å²) in [5.74, 6) is 1.52. The predicted octanol–water partition coefficient (Wildman–Crippen LogP) is 4.86. The van der Waals surface area contributed by atoms with Crippen LogP contribution in [0.5, 0.6) is 0 Å². The first-order chi connectivity index (χ1) is 12.9. The van der Waals surface area contributed by atoms with Crippen molar-refractivity contribution in [3.63, 3.8) is 0 Å². The van der Waals surface area contributed by atoms with Gasteiger partial charge in [-0.3, -0.25) is 0 Å². The molecule has 0 saturated heterocycles. The topological polar surface area (TPSA) is 0 Å². The normalized spacial score (nSPS) is 28.4. The summed E-state index contributed by atoms with van der Waals surface area (Å²) in [6.45, 7) is 0. The second-order valence-corrected chi connectivity index (χ2v) is 7.65. The molecule has 0 amide bonds. The van der Waals surface area contributed by atoms with Gasteiger partial charge in [0, 0.05) is 17.8 Å². The van der Waals surface area contributed by atoms with Crippen LogP contribution >= 0.6 is 0 Å². The summed E-state index contributed by atoms with van der Waals surface area (Å²) in [6, 6.07) is 6.95. The molecule has 0 saturated carbocycles. The fourth-order valence-electron chi connectivity index (χ4n) is 4.43. The summed E-state index contributed by atoms with van der Waals surface area (Å²) in [7, 11) is 0. The van der Waals surface area contributed by atoms with Crippen LogP contribution in [0.3, 0.4) is 0 Å². The molecule has 0 heteroatoms. The largest absolute Gasteiger partial charge is 0.0836 e. The van der Waals surface area contributed by atoms with Gasteiger partial charge in [0.05, 0.1) is 0 Å². The molecule has 0 fully saturated rings. The fraction of sp³-hybridized carbons (Fsp3) is 0.231. The number of fused-ring (bicyclic) bond motifs is 2. The SMILES string of the molecule is C1=CCC(C2=CC3C=c4ccc(C5=CCCC=C5)cc4=CC3C=C2)C=C1. The molecule has 3 unspecified atom stereocenters. The quantitative estimate of drug-likeness (QED) is 0.724. The Morgan fingerprint density at radius 3 is 2.58 bits per heavy atom. The van der Waals surface area contributed by atoms with Gasteiger partial charge in [0.15, 0.2) is 0 Å². The van der Waals surface area contributed by atoms with Gasteiger partial charge < -0.3 is 0 Å².